The van der Waals surface area contributed by atoms with Crippen LogP contribution < -0.4 is 0 Å². The second-order valence-corrected chi connectivity index (χ2v) is 9.63. The highest BCUT2D eigenvalue weighted by atomic mass is 14.4. The van der Waals surface area contributed by atoms with Gasteiger partial charge in [0.05, 0.1) is 0 Å². The van der Waals surface area contributed by atoms with Gasteiger partial charge in [-0.05, 0) is 92.3 Å². The smallest absolute Gasteiger partial charge is 0.0357 e. The molecule has 0 nitrogen and oxygen atoms in total. The summed E-state index contributed by atoms with van der Waals surface area (Å²) in [5.74, 6) is 8.23. The minimum Gasteiger partial charge on any atom is -0.0683 e. The van der Waals surface area contributed by atoms with Crippen molar-refractivity contribution in [3.8, 4) is 0 Å². The van der Waals surface area contributed by atoms with Gasteiger partial charge in [-0.2, -0.15) is 0 Å². The highest BCUT2D eigenvalue weighted by molar-refractivity contribution is 4.89. The first-order chi connectivity index (χ1) is 11.6. The number of rotatable bonds is 2. The maximum absolute atomic E-state index is 2.57. The Morgan fingerprint density at radius 2 is 0.917 bits per heavy atom. The molecule has 3 fully saturated rings. The van der Waals surface area contributed by atoms with Gasteiger partial charge < -0.3 is 0 Å². The zero-order valence-corrected chi connectivity index (χ0v) is 17.7. The lowest BCUT2D eigenvalue weighted by molar-refractivity contribution is 0.0467. The van der Waals surface area contributed by atoms with Crippen molar-refractivity contribution in [2.75, 3.05) is 0 Å². The normalized spacial score (nSPS) is 46.8. The minimum atomic E-state index is 0.955. The van der Waals surface area contributed by atoms with Gasteiger partial charge in [0.2, 0.25) is 0 Å². The Bertz CT molecular complexity index is 330. The molecule has 0 amide bonds. The van der Waals surface area contributed by atoms with Crippen molar-refractivity contribution in [3.63, 3.8) is 0 Å². The van der Waals surface area contributed by atoms with Crippen LogP contribution in [-0.4, -0.2) is 0 Å². The summed E-state index contributed by atoms with van der Waals surface area (Å²) in [7, 11) is 0. The van der Waals surface area contributed by atoms with Crippen LogP contribution in [0.4, 0.5) is 0 Å². The molecule has 3 aliphatic carbocycles. The third kappa shape index (κ3) is 4.79. The summed E-state index contributed by atoms with van der Waals surface area (Å²) in [4.78, 5) is 0. The molecule has 0 spiro atoms. The molecule has 4 atom stereocenters. The molecule has 24 heavy (non-hydrogen) atoms. The van der Waals surface area contributed by atoms with Crippen molar-refractivity contribution >= 4 is 0 Å². The van der Waals surface area contributed by atoms with Crippen LogP contribution in [0, 0.1) is 47.3 Å². The van der Waals surface area contributed by atoms with Gasteiger partial charge in [-0.15, -0.1) is 0 Å². The molecule has 0 N–H and O–H groups in total. The van der Waals surface area contributed by atoms with Crippen LogP contribution in [0.2, 0.25) is 0 Å². The summed E-state index contributed by atoms with van der Waals surface area (Å²) < 4.78 is 0. The van der Waals surface area contributed by atoms with Crippen molar-refractivity contribution < 1.29 is 0 Å². The van der Waals surface area contributed by atoms with Gasteiger partial charge in [0, 0.05) is 0 Å². The van der Waals surface area contributed by atoms with Crippen molar-refractivity contribution in [2.24, 2.45) is 47.3 Å². The molecule has 3 rings (SSSR count). The van der Waals surface area contributed by atoms with E-state index in [1.807, 2.05) is 13.8 Å². The highest BCUT2D eigenvalue weighted by Gasteiger charge is 2.38. The lowest BCUT2D eigenvalue weighted by atomic mass is 9.60. The maximum Gasteiger partial charge on any atom is -0.0357 e. The predicted molar refractivity (Wildman–Crippen MR) is 108 cm³/mol. The Morgan fingerprint density at radius 3 is 1.46 bits per heavy atom. The van der Waals surface area contributed by atoms with Gasteiger partial charge in [-0.25, -0.2) is 0 Å². The van der Waals surface area contributed by atoms with Crippen LogP contribution >= 0.6 is 0 Å². The molecule has 3 saturated carbocycles. The van der Waals surface area contributed by atoms with E-state index in [2.05, 4.69) is 27.7 Å². The van der Waals surface area contributed by atoms with E-state index < -0.39 is 0 Å². The molecule has 0 bridgehead atoms. The molecule has 3 aliphatic rings. The maximum atomic E-state index is 2.57. The van der Waals surface area contributed by atoms with E-state index in [1.165, 1.54) is 25.7 Å². The standard InChI is InChI=1S/C22H40.C2H6/c1-15-5-8-19(9-6-15)20-10-12-21(13-11-20)22-14-7-16(2)17(3)18(22)4;1-2/h15-22H,5-14H2,1-4H3;1-2H3. The van der Waals surface area contributed by atoms with Crippen LogP contribution in [0.3, 0.4) is 0 Å². The Kier molecular flexibility index (Phi) is 8.15. The molecule has 0 aliphatic heterocycles. The third-order valence-electron chi connectivity index (χ3n) is 8.51. The van der Waals surface area contributed by atoms with Crippen molar-refractivity contribution in [3.05, 3.63) is 0 Å². The van der Waals surface area contributed by atoms with Crippen LogP contribution in [-0.2, 0) is 0 Å². The monoisotopic (exact) mass is 334 g/mol. The van der Waals surface area contributed by atoms with Gasteiger partial charge >= 0.3 is 0 Å². The molecule has 0 heteroatoms. The SMILES string of the molecule is CC.CC1CCC(C2CCC(C3CCC(C)C(C)C3C)CC2)CC1. The van der Waals surface area contributed by atoms with E-state index in [9.17, 15) is 0 Å². The van der Waals surface area contributed by atoms with Crippen LogP contribution in [0.25, 0.3) is 0 Å². The molecule has 0 heterocycles. The van der Waals surface area contributed by atoms with Crippen LogP contribution in [0.15, 0.2) is 0 Å². The topological polar surface area (TPSA) is 0 Å². The first-order valence-electron chi connectivity index (χ1n) is 11.6. The molecule has 0 radical (unpaired) electrons. The zero-order valence-electron chi connectivity index (χ0n) is 17.7. The molecular weight excluding hydrogens is 288 g/mol. The van der Waals surface area contributed by atoms with Crippen LogP contribution in [0.5, 0.6) is 0 Å². The fraction of sp³-hybridized carbons (Fsp3) is 1.00. The Morgan fingerprint density at radius 1 is 0.458 bits per heavy atom. The first kappa shape index (κ1) is 20.3. The second-order valence-electron chi connectivity index (χ2n) is 9.63. The minimum absolute atomic E-state index is 0.955. The van der Waals surface area contributed by atoms with Gasteiger partial charge in [0.15, 0.2) is 0 Å². The third-order valence-corrected chi connectivity index (χ3v) is 8.51. The molecule has 4 unspecified atom stereocenters. The van der Waals surface area contributed by atoms with E-state index in [-0.39, 0.29) is 0 Å². The fourth-order valence-corrected chi connectivity index (χ4v) is 6.36. The molecule has 0 aromatic rings. The Balaban J connectivity index is 0.00000100. The van der Waals surface area contributed by atoms with Gasteiger partial charge in [0.1, 0.15) is 0 Å². The quantitative estimate of drug-likeness (QED) is 0.480. The van der Waals surface area contributed by atoms with E-state index in [0.29, 0.717) is 0 Å². The predicted octanol–water partition coefficient (Wildman–Crippen LogP) is 7.96. The summed E-state index contributed by atoms with van der Waals surface area (Å²) in [6.07, 6.45) is 15.4. The molecular formula is C24H46. The largest absolute Gasteiger partial charge is 0.0683 e. The number of hydrogen-bond donors (Lipinski definition) is 0. The first-order valence-corrected chi connectivity index (χ1v) is 11.6. The lowest BCUT2D eigenvalue weighted by Gasteiger charge is -2.45. The lowest BCUT2D eigenvalue weighted by Crippen LogP contribution is -2.36. The Hall–Kier alpha value is 0. The van der Waals surface area contributed by atoms with Gasteiger partial charge in [0.25, 0.3) is 0 Å². The fourth-order valence-electron chi connectivity index (χ4n) is 6.36. The zero-order chi connectivity index (χ0) is 17.7. The van der Waals surface area contributed by atoms with Crippen molar-refractivity contribution in [2.45, 2.75) is 106 Å². The summed E-state index contributed by atoms with van der Waals surface area (Å²) >= 11 is 0. The molecule has 0 saturated heterocycles. The van der Waals surface area contributed by atoms with Crippen molar-refractivity contribution in [1.29, 1.82) is 0 Å². The van der Waals surface area contributed by atoms with Crippen LogP contribution in [0.1, 0.15) is 106 Å². The van der Waals surface area contributed by atoms with Gasteiger partial charge in [-0.1, -0.05) is 60.8 Å². The van der Waals surface area contributed by atoms with E-state index in [4.69, 9.17) is 0 Å². The average molecular weight is 335 g/mol. The van der Waals surface area contributed by atoms with E-state index >= 15 is 0 Å². The van der Waals surface area contributed by atoms with Crippen molar-refractivity contribution in [1.82, 2.24) is 0 Å². The van der Waals surface area contributed by atoms with E-state index in [1.54, 1.807) is 38.5 Å². The average Bonchev–Trinajstić information content (AvgIpc) is 2.63. The molecule has 0 aromatic carbocycles. The second kappa shape index (κ2) is 9.63. The highest BCUT2D eigenvalue weighted by Crippen LogP contribution is 2.48. The molecule has 0 aromatic heterocycles. The van der Waals surface area contributed by atoms with Gasteiger partial charge in [-0.3, -0.25) is 0 Å². The molecule has 142 valence electrons. The van der Waals surface area contributed by atoms with E-state index in [0.717, 1.165) is 47.3 Å². The number of hydrogen-bond acceptors (Lipinski definition) is 0. The Labute approximate surface area is 153 Å². The summed E-state index contributed by atoms with van der Waals surface area (Å²) in [6.45, 7) is 14.0. The summed E-state index contributed by atoms with van der Waals surface area (Å²) in [5, 5.41) is 0. The summed E-state index contributed by atoms with van der Waals surface area (Å²) in [5.41, 5.74) is 0. The summed E-state index contributed by atoms with van der Waals surface area (Å²) in [6, 6.07) is 0.